The summed E-state index contributed by atoms with van der Waals surface area (Å²) in [6, 6.07) is 18.8. The Kier molecular flexibility index (Phi) is 4.72. The fraction of sp³-hybridized carbons (Fsp3) is 0.105. The van der Waals surface area contributed by atoms with Crippen LogP contribution in [-0.4, -0.2) is 17.7 Å². The van der Waals surface area contributed by atoms with Crippen molar-refractivity contribution in [2.45, 2.75) is 6.10 Å². The SMILES string of the molecule is O=C(NCC(O)c1ccccc1F)Nc1cccc2ccccc12. The summed E-state index contributed by atoms with van der Waals surface area (Å²) in [5.41, 5.74) is 0.828. The predicted molar refractivity (Wildman–Crippen MR) is 92.3 cm³/mol. The number of urea groups is 1. The quantitative estimate of drug-likeness (QED) is 0.683. The highest BCUT2D eigenvalue weighted by molar-refractivity contribution is 6.01. The number of carbonyl (C=O) groups is 1. The first-order valence-corrected chi connectivity index (χ1v) is 7.60. The van der Waals surface area contributed by atoms with Crippen molar-refractivity contribution in [1.29, 1.82) is 0 Å². The molecular formula is C19H17FN2O2. The number of hydrogen-bond acceptors (Lipinski definition) is 2. The Hall–Kier alpha value is -2.92. The second kappa shape index (κ2) is 7.10. The Labute approximate surface area is 138 Å². The fourth-order valence-electron chi connectivity index (χ4n) is 2.55. The van der Waals surface area contributed by atoms with Crippen LogP contribution in [0.15, 0.2) is 66.7 Å². The van der Waals surface area contributed by atoms with Crippen LogP contribution in [0.25, 0.3) is 10.8 Å². The molecule has 1 atom stereocenters. The zero-order valence-electron chi connectivity index (χ0n) is 12.9. The molecule has 3 aromatic rings. The number of fused-ring (bicyclic) bond motifs is 1. The van der Waals surface area contributed by atoms with Gasteiger partial charge in [-0.25, -0.2) is 9.18 Å². The lowest BCUT2D eigenvalue weighted by Crippen LogP contribution is -2.32. The van der Waals surface area contributed by atoms with E-state index >= 15 is 0 Å². The maximum atomic E-state index is 13.6. The number of nitrogens with one attached hydrogen (secondary N) is 2. The molecule has 0 radical (unpaired) electrons. The van der Waals surface area contributed by atoms with E-state index in [0.717, 1.165) is 10.8 Å². The van der Waals surface area contributed by atoms with Crippen molar-refractivity contribution in [3.8, 4) is 0 Å². The Bertz CT molecular complexity index is 861. The predicted octanol–water partition coefficient (Wildman–Crippen LogP) is 3.83. The molecule has 0 aliphatic rings. The van der Waals surface area contributed by atoms with Crippen molar-refractivity contribution < 1.29 is 14.3 Å². The molecule has 0 spiro atoms. The van der Waals surface area contributed by atoms with Crippen LogP contribution in [0, 0.1) is 5.82 Å². The van der Waals surface area contributed by atoms with E-state index in [4.69, 9.17) is 0 Å². The van der Waals surface area contributed by atoms with Gasteiger partial charge in [-0.05, 0) is 17.5 Å². The third kappa shape index (κ3) is 3.52. The number of aliphatic hydroxyl groups is 1. The van der Waals surface area contributed by atoms with Gasteiger partial charge in [-0.3, -0.25) is 0 Å². The Morgan fingerprint density at radius 1 is 1.00 bits per heavy atom. The highest BCUT2D eigenvalue weighted by atomic mass is 19.1. The van der Waals surface area contributed by atoms with Crippen LogP contribution >= 0.6 is 0 Å². The molecule has 0 saturated heterocycles. The van der Waals surface area contributed by atoms with Crippen LogP contribution < -0.4 is 10.6 Å². The van der Waals surface area contributed by atoms with Crippen molar-refractivity contribution in [3.63, 3.8) is 0 Å². The van der Waals surface area contributed by atoms with E-state index in [2.05, 4.69) is 10.6 Å². The first kappa shape index (κ1) is 16.0. The van der Waals surface area contributed by atoms with Crippen LogP contribution in [0.2, 0.25) is 0 Å². The van der Waals surface area contributed by atoms with Gasteiger partial charge in [0.1, 0.15) is 5.82 Å². The molecular weight excluding hydrogens is 307 g/mol. The smallest absolute Gasteiger partial charge is 0.319 e. The number of amides is 2. The lowest BCUT2D eigenvalue weighted by molar-refractivity contribution is 0.170. The van der Waals surface area contributed by atoms with E-state index in [-0.39, 0.29) is 12.1 Å². The molecule has 0 aromatic heterocycles. The van der Waals surface area contributed by atoms with E-state index in [1.165, 1.54) is 12.1 Å². The number of carbonyl (C=O) groups excluding carboxylic acids is 1. The van der Waals surface area contributed by atoms with E-state index < -0.39 is 18.0 Å². The van der Waals surface area contributed by atoms with Gasteiger partial charge in [0.15, 0.2) is 0 Å². The molecule has 3 aromatic carbocycles. The van der Waals surface area contributed by atoms with Crippen LogP contribution in [0.3, 0.4) is 0 Å². The molecule has 0 aliphatic heterocycles. The van der Waals surface area contributed by atoms with E-state index in [0.29, 0.717) is 5.69 Å². The van der Waals surface area contributed by atoms with Gasteiger partial charge in [0, 0.05) is 17.5 Å². The van der Waals surface area contributed by atoms with Crippen LogP contribution in [-0.2, 0) is 0 Å². The summed E-state index contributed by atoms with van der Waals surface area (Å²) < 4.78 is 13.6. The van der Waals surface area contributed by atoms with Gasteiger partial charge in [0.2, 0.25) is 0 Å². The summed E-state index contributed by atoms with van der Waals surface area (Å²) in [5, 5.41) is 17.2. The normalized spacial score (nSPS) is 11.9. The van der Waals surface area contributed by atoms with Crippen molar-refractivity contribution >= 4 is 22.5 Å². The molecule has 2 amide bonds. The van der Waals surface area contributed by atoms with Crippen molar-refractivity contribution in [2.24, 2.45) is 0 Å². The number of rotatable bonds is 4. The molecule has 122 valence electrons. The second-order valence-electron chi connectivity index (χ2n) is 5.40. The first-order chi connectivity index (χ1) is 11.6. The minimum atomic E-state index is -1.11. The van der Waals surface area contributed by atoms with Crippen molar-refractivity contribution in [3.05, 3.63) is 78.1 Å². The molecule has 0 saturated carbocycles. The van der Waals surface area contributed by atoms with Crippen LogP contribution in [0.4, 0.5) is 14.9 Å². The monoisotopic (exact) mass is 324 g/mol. The third-order valence-corrected chi connectivity index (χ3v) is 3.76. The third-order valence-electron chi connectivity index (χ3n) is 3.76. The van der Waals surface area contributed by atoms with Gasteiger partial charge < -0.3 is 15.7 Å². The minimum Gasteiger partial charge on any atom is -0.386 e. The van der Waals surface area contributed by atoms with Crippen molar-refractivity contribution in [1.82, 2.24) is 5.32 Å². The first-order valence-electron chi connectivity index (χ1n) is 7.60. The van der Waals surface area contributed by atoms with Gasteiger partial charge in [-0.15, -0.1) is 0 Å². The molecule has 0 aliphatic carbocycles. The maximum absolute atomic E-state index is 13.6. The molecule has 0 bridgehead atoms. The number of halogens is 1. The molecule has 3 N–H and O–H groups in total. The molecule has 3 rings (SSSR count). The van der Waals surface area contributed by atoms with Crippen LogP contribution in [0.1, 0.15) is 11.7 Å². The molecule has 24 heavy (non-hydrogen) atoms. The zero-order valence-corrected chi connectivity index (χ0v) is 12.9. The summed E-state index contributed by atoms with van der Waals surface area (Å²) in [7, 11) is 0. The van der Waals surface area contributed by atoms with E-state index in [1.54, 1.807) is 18.2 Å². The largest absolute Gasteiger partial charge is 0.386 e. The summed E-state index contributed by atoms with van der Waals surface area (Å²) in [4.78, 5) is 12.0. The summed E-state index contributed by atoms with van der Waals surface area (Å²) in [6.45, 7) is -0.0858. The molecule has 0 fully saturated rings. The lowest BCUT2D eigenvalue weighted by Gasteiger charge is -2.14. The average molecular weight is 324 g/mol. The number of benzene rings is 3. The molecule has 0 heterocycles. The highest BCUT2D eigenvalue weighted by Crippen LogP contribution is 2.22. The fourth-order valence-corrected chi connectivity index (χ4v) is 2.55. The van der Waals surface area contributed by atoms with Gasteiger partial charge >= 0.3 is 6.03 Å². The van der Waals surface area contributed by atoms with Crippen molar-refractivity contribution in [2.75, 3.05) is 11.9 Å². The Morgan fingerprint density at radius 3 is 2.54 bits per heavy atom. The minimum absolute atomic E-state index is 0.0858. The van der Waals surface area contributed by atoms with Gasteiger partial charge in [0.25, 0.3) is 0 Å². The topological polar surface area (TPSA) is 61.4 Å². The number of aliphatic hydroxyl groups excluding tert-OH is 1. The Morgan fingerprint density at radius 2 is 1.71 bits per heavy atom. The van der Waals surface area contributed by atoms with Gasteiger partial charge in [-0.2, -0.15) is 0 Å². The average Bonchev–Trinajstić information content (AvgIpc) is 2.60. The zero-order chi connectivity index (χ0) is 16.9. The van der Waals surface area contributed by atoms with E-state index in [1.807, 2.05) is 36.4 Å². The number of hydrogen-bond donors (Lipinski definition) is 3. The van der Waals surface area contributed by atoms with Crippen LogP contribution in [0.5, 0.6) is 0 Å². The summed E-state index contributed by atoms with van der Waals surface area (Å²) in [5.74, 6) is -0.499. The molecule has 5 heteroatoms. The van der Waals surface area contributed by atoms with Gasteiger partial charge in [0.05, 0.1) is 11.8 Å². The maximum Gasteiger partial charge on any atom is 0.319 e. The number of anilines is 1. The Balaban J connectivity index is 1.64. The van der Waals surface area contributed by atoms with E-state index in [9.17, 15) is 14.3 Å². The second-order valence-corrected chi connectivity index (χ2v) is 5.40. The molecule has 1 unspecified atom stereocenters. The van der Waals surface area contributed by atoms with Gasteiger partial charge in [-0.1, -0.05) is 54.6 Å². The standard InChI is InChI=1S/C19H17FN2O2/c20-16-10-4-3-9-15(16)18(23)12-21-19(24)22-17-11-5-7-13-6-1-2-8-14(13)17/h1-11,18,23H,12H2,(H2,21,22,24). The highest BCUT2D eigenvalue weighted by Gasteiger charge is 2.13. The summed E-state index contributed by atoms with van der Waals surface area (Å²) >= 11 is 0. The summed E-state index contributed by atoms with van der Waals surface area (Å²) in [6.07, 6.45) is -1.11. The lowest BCUT2D eigenvalue weighted by atomic mass is 10.1. The molecule has 4 nitrogen and oxygen atoms in total.